The molecule has 0 aromatic carbocycles. The minimum atomic E-state index is 0.683. The van der Waals surface area contributed by atoms with Crippen molar-refractivity contribution in [3.8, 4) is 12.3 Å². The molecule has 2 atom stereocenters. The molecule has 0 N–H and O–H groups in total. The molecule has 0 heterocycles. The van der Waals surface area contributed by atoms with Gasteiger partial charge in [0.15, 0.2) is 0 Å². The Morgan fingerprint density at radius 3 is 2.50 bits per heavy atom. The minimum absolute atomic E-state index is 0.683. The molecule has 2 aliphatic carbocycles. The van der Waals surface area contributed by atoms with Crippen LogP contribution in [0.3, 0.4) is 0 Å². The molecule has 2 fully saturated rings. The molecule has 8 heavy (non-hydrogen) atoms. The molecule has 0 bridgehead atoms. The zero-order valence-electron chi connectivity index (χ0n) is 4.93. The summed E-state index contributed by atoms with van der Waals surface area (Å²) in [6.07, 6.45) is 9.50. The van der Waals surface area contributed by atoms with E-state index in [0.29, 0.717) is 5.92 Å². The first-order valence-corrected chi connectivity index (χ1v) is 3.38. The van der Waals surface area contributed by atoms with E-state index in [1.54, 1.807) is 0 Å². The van der Waals surface area contributed by atoms with Gasteiger partial charge < -0.3 is 0 Å². The maximum Gasteiger partial charge on any atom is 0.0234 e. The lowest BCUT2D eigenvalue weighted by Crippen LogP contribution is -1.78. The fourth-order valence-corrected chi connectivity index (χ4v) is 1.45. The number of hydrogen-bond donors (Lipinski definition) is 0. The molecule has 2 unspecified atom stereocenters. The summed E-state index contributed by atoms with van der Waals surface area (Å²) in [7, 11) is 0. The van der Waals surface area contributed by atoms with Crippen molar-refractivity contribution < 1.29 is 0 Å². The van der Waals surface area contributed by atoms with Gasteiger partial charge in [-0.1, -0.05) is 0 Å². The lowest BCUT2D eigenvalue weighted by Gasteiger charge is -1.82. The molecule has 0 nitrogen and oxygen atoms in total. The Kier molecular flexibility index (Phi) is 0.713. The predicted molar refractivity (Wildman–Crippen MR) is 33.2 cm³/mol. The van der Waals surface area contributed by atoms with Crippen LogP contribution in [0.25, 0.3) is 0 Å². The molecule has 0 heteroatoms. The number of rotatable bonds is 1. The van der Waals surface area contributed by atoms with Crippen molar-refractivity contribution >= 4 is 0 Å². The van der Waals surface area contributed by atoms with E-state index >= 15 is 0 Å². The molecule has 2 aliphatic rings. The summed E-state index contributed by atoms with van der Waals surface area (Å²) in [5.41, 5.74) is 0. The highest BCUT2D eigenvalue weighted by molar-refractivity contribution is 5.10. The third-order valence-corrected chi connectivity index (χ3v) is 2.28. The van der Waals surface area contributed by atoms with Gasteiger partial charge in [0.2, 0.25) is 0 Å². The van der Waals surface area contributed by atoms with Crippen molar-refractivity contribution in [3.05, 3.63) is 0 Å². The normalized spacial score (nSPS) is 43.4. The Labute approximate surface area is 50.3 Å². The summed E-state index contributed by atoms with van der Waals surface area (Å²) in [6.45, 7) is 0. The molecule has 0 saturated heterocycles. The monoisotopic (exact) mass is 106 g/mol. The molecule has 42 valence electrons. The van der Waals surface area contributed by atoms with E-state index in [2.05, 4.69) is 5.92 Å². The number of terminal acetylenes is 1. The summed E-state index contributed by atoms with van der Waals surface area (Å²) in [6, 6.07) is 0. The fraction of sp³-hybridized carbons (Fsp3) is 0.750. The van der Waals surface area contributed by atoms with Crippen molar-refractivity contribution in [2.24, 2.45) is 17.8 Å². The Morgan fingerprint density at radius 1 is 1.38 bits per heavy atom. The Bertz CT molecular complexity index is 137. The van der Waals surface area contributed by atoms with Gasteiger partial charge >= 0.3 is 0 Å². The van der Waals surface area contributed by atoms with Crippen LogP contribution in [0.4, 0.5) is 0 Å². The summed E-state index contributed by atoms with van der Waals surface area (Å²) < 4.78 is 0. The number of hydrogen-bond acceptors (Lipinski definition) is 0. The molecule has 0 aromatic heterocycles. The van der Waals surface area contributed by atoms with Crippen molar-refractivity contribution in [1.82, 2.24) is 0 Å². The highest BCUT2D eigenvalue weighted by atomic mass is 14.5. The zero-order chi connectivity index (χ0) is 5.56. The van der Waals surface area contributed by atoms with E-state index in [9.17, 15) is 0 Å². The van der Waals surface area contributed by atoms with Gasteiger partial charge in [-0.05, 0) is 31.1 Å². The van der Waals surface area contributed by atoms with Gasteiger partial charge in [0.1, 0.15) is 0 Å². The van der Waals surface area contributed by atoms with Gasteiger partial charge in [0.05, 0.1) is 0 Å². The van der Waals surface area contributed by atoms with Crippen molar-refractivity contribution in [1.29, 1.82) is 0 Å². The molecular formula is C8H10. The average Bonchev–Trinajstić information content (AvgIpc) is 2.62. The smallest absolute Gasteiger partial charge is 0.0234 e. The van der Waals surface area contributed by atoms with Crippen LogP contribution in [0.2, 0.25) is 0 Å². The summed E-state index contributed by atoms with van der Waals surface area (Å²) in [5, 5.41) is 0. The van der Waals surface area contributed by atoms with Crippen LogP contribution in [0.15, 0.2) is 0 Å². The van der Waals surface area contributed by atoms with Gasteiger partial charge in [-0.25, -0.2) is 0 Å². The molecule has 0 spiro atoms. The third kappa shape index (κ3) is 0.545. The summed E-state index contributed by atoms with van der Waals surface area (Å²) in [4.78, 5) is 0. The molecule has 0 radical (unpaired) electrons. The van der Waals surface area contributed by atoms with E-state index in [4.69, 9.17) is 6.42 Å². The van der Waals surface area contributed by atoms with Crippen LogP contribution in [0, 0.1) is 30.1 Å². The lowest BCUT2D eigenvalue weighted by atomic mass is 10.2. The van der Waals surface area contributed by atoms with E-state index < -0.39 is 0 Å². The first kappa shape index (κ1) is 4.44. The zero-order valence-corrected chi connectivity index (χ0v) is 4.93. The van der Waals surface area contributed by atoms with Gasteiger partial charge in [-0.15, -0.1) is 12.3 Å². The average molecular weight is 106 g/mol. The first-order valence-electron chi connectivity index (χ1n) is 3.38. The second kappa shape index (κ2) is 1.29. The SMILES string of the molecule is C#CC1CC1C1CC1. The maximum atomic E-state index is 5.24. The van der Waals surface area contributed by atoms with Crippen LogP contribution in [0.5, 0.6) is 0 Å². The van der Waals surface area contributed by atoms with Crippen molar-refractivity contribution in [2.75, 3.05) is 0 Å². The molecule has 0 aromatic rings. The molecule has 2 saturated carbocycles. The predicted octanol–water partition coefficient (Wildman–Crippen LogP) is 1.67. The van der Waals surface area contributed by atoms with Gasteiger partial charge in [-0.2, -0.15) is 0 Å². The van der Waals surface area contributed by atoms with Crippen LogP contribution >= 0.6 is 0 Å². The topological polar surface area (TPSA) is 0 Å². The van der Waals surface area contributed by atoms with Crippen LogP contribution in [-0.4, -0.2) is 0 Å². The molecular weight excluding hydrogens is 96.1 g/mol. The van der Waals surface area contributed by atoms with E-state index in [0.717, 1.165) is 11.8 Å². The molecule has 0 aliphatic heterocycles. The highest BCUT2D eigenvalue weighted by Crippen LogP contribution is 2.53. The summed E-state index contributed by atoms with van der Waals surface area (Å²) in [5.74, 6) is 5.50. The van der Waals surface area contributed by atoms with Gasteiger partial charge in [0, 0.05) is 5.92 Å². The standard InChI is InChI=1S/C8H10/c1-2-6-5-8(6)7-3-4-7/h1,6-8H,3-5H2. The largest absolute Gasteiger partial charge is 0.120 e. The fourth-order valence-electron chi connectivity index (χ4n) is 1.45. The van der Waals surface area contributed by atoms with Gasteiger partial charge in [-0.3, -0.25) is 0 Å². The van der Waals surface area contributed by atoms with Crippen molar-refractivity contribution in [2.45, 2.75) is 19.3 Å². The Morgan fingerprint density at radius 2 is 2.12 bits per heavy atom. The van der Waals surface area contributed by atoms with Crippen LogP contribution in [0.1, 0.15) is 19.3 Å². The quantitative estimate of drug-likeness (QED) is 0.446. The summed E-state index contributed by atoms with van der Waals surface area (Å²) >= 11 is 0. The van der Waals surface area contributed by atoms with Crippen LogP contribution in [-0.2, 0) is 0 Å². The second-order valence-electron chi connectivity index (χ2n) is 3.01. The van der Waals surface area contributed by atoms with Crippen molar-refractivity contribution in [3.63, 3.8) is 0 Å². The van der Waals surface area contributed by atoms with Gasteiger partial charge in [0.25, 0.3) is 0 Å². The maximum absolute atomic E-state index is 5.24. The van der Waals surface area contributed by atoms with Crippen LogP contribution < -0.4 is 0 Å². The van der Waals surface area contributed by atoms with E-state index in [-0.39, 0.29) is 0 Å². The Balaban J connectivity index is 1.89. The minimum Gasteiger partial charge on any atom is -0.120 e. The second-order valence-corrected chi connectivity index (χ2v) is 3.01. The highest BCUT2D eigenvalue weighted by Gasteiger charge is 2.46. The van der Waals surface area contributed by atoms with E-state index in [1.807, 2.05) is 0 Å². The molecule has 0 amide bonds. The molecule has 2 rings (SSSR count). The van der Waals surface area contributed by atoms with E-state index in [1.165, 1.54) is 19.3 Å². The lowest BCUT2D eigenvalue weighted by molar-refractivity contribution is 0.687. The Hall–Kier alpha value is -0.440. The third-order valence-electron chi connectivity index (χ3n) is 2.28. The first-order chi connectivity index (χ1) is 3.92.